The van der Waals surface area contributed by atoms with E-state index in [1.54, 1.807) is 6.07 Å². The second-order valence-electron chi connectivity index (χ2n) is 4.07. The van der Waals surface area contributed by atoms with Gasteiger partial charge in [-0.1, -0.05) is 29.8 Å². The van der Waals surface area contributed by atoms with Crippen molar-refractivity contribution in [1.82, 2.24) is 0 Å². The number of rotatable bonds is 4. The molecule has 0 N–H and O–H groups in total. The van der Waals surface area contributed by atoms with Gasteiger partial charge in [-0.05, 0) is 23.8 Å². The van der Waals surface area contributed by atoms with E-state index in [1.165, 1.54) is 18.2 Å². The summed E-state index contributed by atoms with van der Waals surface area (Å²) in [4.78, 5) is 0. The highest BCUT2D eigenvalue weighted by atomic mass is 35.5. The summed E-state index contributed by atoms with van der Waals surface area (Å²) in [6.07, 6.45) is 0. The molecule has 0 fully saturated rings. The van der Waals surface area contributed by atoms with Gasteiger partial charge in [-0.25, -0.2) is 8.78 Å². The third-order valence-electron chi connectivity index (χ3n) is 2.72. The van der Waals surface area contributed by atoms with Crippen molar-refractivity contribution in [3.05, 3.63) is 64.2 Å². The first kappa shape index (κ1) is 15.9. The summed E-state index contributed by atoms with van der Waals surface area (Å²) < 4.78 is 55.4. The minimum absolute atomic E-state index is 0.0579. The maximum absolute atomic E-state index is 13.3. The Morgan fingerprint density at radius 1 is 0.952 bits per heavy atom. The van der Waals surface area contributed by atoms with Gasteiger partial charge >= 0.3 is 6.61 Å². The molecule has 0 aliphatic heterocycles. The lowest BCUT2D eigenvalue weighted by atomic mass is 10.0. The first-order valence-electron chi connectivity index (χ1n) is 5.72. The number of para-hydroxylation sites is 1. The monoisotopic (exact) mass is 338 g/mol. The minimum atomic E-state index is -3.03. The quantitative estimate of drug-likeness (QED) is 0.403. The van der Waals surface area contributed by atoms with Crippen LogP contribution in [0.15, 0.2) is 36.4 Å². The molecule has 0 saturated heterocycles. The van der Waals surface area contributed by atoms with E-state index in [4.69, 9.17) is 23.2 Å². The number of alkyl halides is 3. The summed E-state index contributed by atoms with van der Waals surface area (Å²) in [5, 5.41) is -1.18. The van der Waals surface area contributed by atoms with E-state index in [2.05, 4.69) is 4.74 Å². The van der Waals surface area contributed by atoms with Gasteiger partial charge in [-0.3, -0.25) is 0 Å². The van der Waals surface area contributed by atoms with E-state index in [1.807, 2.05) is 0 Å². The molecule has 1 atom stereocenters. The van der Waals surface area contributed by atoms with Crippen LogP contribution in [-0.4, -0.2) is 6.61 Å². The van der Waals surface area contributed by atoms with E-state index in [0.717, 1.165) is 12.1 Å². The molecule has 0 saturated carbocycles. The van der Waals surface area contributed by atoms with Crippen LogP contribution in [0, 0.1) is 11.6 Å². The van der Waals surface area contributed by atoms with Crippen LogP contribution in [0.3, 0.4) is 0 Å². The predicted octanol–water partition coefficient (Wildman–Crippen LogP) is 5.55. The van der Waals surface area contributed by atoms with Gasteiger partial charge in [0.25, 0.3) is 0 Å². The fourth-order valence-corrected chi connectivity index (χ4v) is 2.47. The first-order valence-corrected chi connectivity index (χ1v) is 6.54. The molecule has 7 heteroatoms. The fourth-order valence-electron chi connectivity index (χ4n) is 1.79. The molecule has 21 heavy (non-hydrogen) atoms. The van der Waals surface area contributed by atoms with Gasteiger partial charge in [0, 0.05) is 10.6 Å². The van der Waals surface area contributed by atoms with Crippen molar-refractivity contribution in [3.63, 3.8) is 0 Å². The van der Waals surface area contributed by atoms with E-state index in [-0.39, 0.29) is 21.9 Å². The maximum Gasteiger partial charge on any atom is 0.387 e. The second kappa shape index (κ2) is 6.54. The molecule has 1 nitrogen and oxygen atoms in total. The molecule has 2 rings (SSSR count). The molecule has 2 aromatic carbocycles. The third kappa shape index (κ3) is 3.60. The summed E-state index contributed by atoms with van der Waals surface area (Å²) >= 11 is 12.0. The van der Waals surface area contributed by atoms with Crippen molar-refractivity contribution in [3.8, 4) is 5.75 Å². The van der Waals surface area contributed by atoms with E-state index < -0.39 is 23.6 Å². The van der Waals surface area contributed by atoms with Crippen LogP contribution < -0.4 is 4.74 Å². The van der Waals surface area contributed by atoms with E-state index >= 15 is 0 Å². The summed E-state index contributed by atoms with van der Waals surface area (Å²) in [6.45, 7) is -3.03. The van der Waals surface area contributed by atoms with Crippen molar-refractivity contribution in [1.29, 1.82) is 0 Å². The Hall–Kier alpha value is -1.46. The van der Waals surface area contributed by atoms with Crippen LogP contribution in [-0.2, 0) is 0 Å². The number of hydrogen-bond donors (Lipinski definition) is 0. The van der Waals surface area contributed by atoms with E-state index in [9.17, 15) is 17.6 Å². The standard InChI is InChI=1S/C14H8Cl2F4O/c15-9-6-11(18)10(17)5-8(9)13(16)7-3-1-2-4-12(7)21-14(19)20/h1-6,13-14H. The van der Waals surface area contributed by atoms with Crippen LogP contribution in [0.1, 0.15) is 16.5 Å². The maximum atomic E-state index is 13.3. The van der Waals surface area contributed by atoms with Crippen molar-refractivity contribution < 1.29 is 22.3 Å². The molecular weight excluding hydrogens is 331 g/mol. The van der Waals surface area contributed by atoms with Crippen LogP contribution >= 0.6 is 23.2 Å². The summed E-state index contributed by atoms with van der Waals surface area (Å²) in [6, 6.07) is 7.37. The highest BCUT2D eigenvalue weighted by molar-refractivity contribution is 6.33. The molecule has 112 valence electrons. The molecule has 0 radical (unpaired) electrons. The molecule has 1 unspecified atom stereocenters. The molecule has 0 heterocycles. The largest absolute Gasteiger partial charge is 0.434 e. The van der Waals surface area contributed by atoms with Gasteiger partial charge in [-0.2, -0.15) is 8.78 Å². The third-order valence-corrected chi connectivity index (χ3v) is 3.52. The number of hydrogen-bond acceptors (Lipinski definition) is 1. The lowest BCUT2D eigenvalue weighted by Gasteiger charge is -2.16. The first-order chi connectivity index (χ1) is 9.90. The number of ether oxygens (including phenoxy) is 1. The van der Waals surface area contributed by atoms with Crippen molar-refractivity contribution in [2.24, 2.45) is 0 Å². The Balaban J connectivity index is 2.45. The molecule has 0 bridgehead atoms. The second-order valence-corrected chi connectivity index (χ2v) is 4.91. The van der Waals surface area contributed by atoms with Crippen LogP contribution in [0.5, 0.6) is 5.75 Å². The Morgan fingerprint density at radius 3 is 2.24 bits per heavy atom. The van der Waals surface area contributed by atoms with Crippen LogP contribution in [0.25, 0.3) is 0 Å². The molecular formula is C14H8Cl2F4O. The summed E-state index contributed by atoms with van der Waals surface area (Å²) in [7, 11) is 0. The highest BCUT2D eigenvalue weighted by Crippen LogP contribution is 2.39. The molecule has 0 aliphatic rings. The Bertz CT molecular complexity index is 649. The number of halogens is 6. The lowest BCUT2D eigenvalue weighted by molar-refractivity contribution is -0.0504. The average Bonchev–Trinajstić information content (AvgIpc) is 2.42. The van der Waals surface area contributed by atoms with Gasteiger partial charge in [0.1, 0.15) is 5.75 Å². The number of benzene rings is 2. The molecule has 2 aromatic rings. The summed E-state index contributed by atoms with van der Waals surface area (Å²) in [5.74, 6) is -2.41. The molecule has 0 aromatic heterocycles. The van der Waals surface area contributed by atoms with Crippen molar-refractivity contribution >= 4 is 23.2 Å². The molecule has 0 amide bonds. The molecule has 0 spiro atoms. The Labute approximate surface area is 128 Å². The van der Waals surface area contributed by atoms with Gasteiger partial charge in [-0.15, -0.1) is 11.6 Å². The van der Waals surface area contributed by atoms with Gasteiger partial charge < -0.3 is 4.74 Å². The minimum Gasteiger partial charge on any atom is -0.434 e. The zero-order valence-electron chi connectivity index (χ0n) is 10.3. The van der Waals surface area contributed by atoms with Crippen molar-refractivity contribution in [2.45, 2.75) is 12.0 Å². The lowest BCUT2D eigenvalue weighted by Crippen LogP contribution is -2.06. The zero-order chi connectivity index (χ0) is 15.6. The fraction of sp³-hybridized carbons (Fsp3) is 0.143. The highest BCUT2D eigenvalue weighted by Gasteiger charge is 2.21. The SMILES string of the molecule is Fc1cc(Cl)c(C(Cl)c2ccccc2OC(F)F)cc1F. The average molecular weight is 339 g/mol. The zero-order valence-corrected chi connectivity index (χ0v) is 11.8. The Morgan fingerprint density at radius 2 is 1.57 bits per heavy atom. The smallest absolute Gasteiger partial charge is 0.387 e. The summed E-state index contributed by atoms with van der Waals surface area (Å²) in [5.41, 5.74) is 0.231. The topological polar surface area (TPSA) is 9.23 Å². The predicted molar refractivity (Wildman–Crippen MR) is 72.1 cm³/mol. The molecule has 0 aliphatic carbocycles. The van der Waals surface area contributed by atoms with Crippen molar-refractivity contribution in [2.75, 3.05) is 0 Å². The van der Waals surface area contributed by atoms with Crippen LogP contribution in [0.2, 0.25) is 5.02 Å². The van der Waals surface area contributed by atoms with Crippen LogP contribution in [0.4, 0.5) is 17.6 Å². The normalized spacial score (nSPS) is 12.5. The Kier molecular flexibility index (Phi) is 4.96. The van der Waals surface area contributed by atoms with Gasteiger partial charge in [0.2, 0.25) is 0 Å². The van der Waals surface area contributed by atoms with Gasteiger partial charge in [0.05, 0.1) is 5.38 Å². The van der Waals surface area contributed by atoms with E-state index in [0.29, 0.717) is 0 Å². The van der Waals surface area contributed by atoms with Gasteiger partial charge in [0.15, 0.2) is 11.6 Å².